The lowest BCUT2D eigenvalue weighted by Crippen LogP contribution is -2.25. The van der Waals surface area contributed by atoms with Gasteiger partial charge in [-0.05, 0) is 12.1 Å². The van der Waals surface area contributed by atoms with Crippen molar-refractivity contribution in [1.82, 2.24) is 0 Å². The maximum atomic E-state index is 11.9. The fourth-order valence-electron chi connectivity index (χ4n) is 2.02. The van der Waals surface area contributed by atoms with Crippen LogP contribution in [0.5, 0.6) is 0 Å². The van der Waals surface area contributed by atoms with Crippen molar-refractivity contribution in [2.45, 2.75) is 6.42 Å². The summed E-state index contributed by atoms with van der Waals surface area (Å²) in [6, 6.07) is 7.07. The minimum atomic E-state index is -3.48. The number of para-hydroxylation sites is 1. The molecule has 0 bridgehead atoms. The Morgan fingerprint density at radius 1 is 1.42 bits per heavy atom. The number of nitrogens with zero attached hydrogens (tertiary/aromatic N) is 1. The highest BCUT2D eigenvalue weighted by molar-refractivity contribution is 7.85. The zero-order valence-corrected chi connectivity index (χ0v) is 11.9. The zero-order chi connectivity index (χ0) is 14.0. The Morgan fingerprint density at radius 3 is 2.74 bits per heavy atom. The molecule has 104 valence electrons. The van der Waals surface area contributed by atoms with E-state index >= 15 is 0 Å². The van der Waals surface area contributed by atoms with Crippen LogP contribution in [0.25, 0.3) is 0 Å². The van der Waals surface area contributed by atoms with Crippen molar-refractivity contribution in [1.29, 1.82) is 0 Å². The number of rotatable bonds is 4. The molecule has 0 aromatic heterocycles. The van der Waals surface area contributed by atoms with Gasteiger partial charge in [0.15, 0.2) is 0 Å². The van der Waals surface area contributed by atoms with E-state index in [1.54, 1.807) is 29.2 Å². The average molecular weight is 304 g/mol. The fraction of sp³-hybridized carbons (Fsp3) is 0.417. The number of amides is 1. The number of carbonyl (C=O) groups excluding carboxylic acids is 1. The molecule has 7 heteroatoms. The molecule has 19 heavy (non-hydrogen) atoms. The Balaban J connectivity index is 2.06. The van der Waals surface area contributed by atoms with Crippen molar-refractivity contribution < 1.29 is 17.4 Å². The number of carbonyl (C=O) groups is 1. The molecule has 0 saturated carbocycles. The number of hydrogen-bond donors (Lipinski definition) is 0. The topological polar surface area (TPSA) is 63.7 Å². The summed E-state index contributed by atoms with van der Waals surface area (Å²) < 4.78 is 26.6. The molecule has 1 unspecified atom stereocenters. The molecular weight excluding hydrogens is 290 g/mol. The second kappa shape index (κ2) is 5.48. The van der Waals surface area contributed by atoms with Gasteiger partial charge in [-0.15, -0.1) is 0 Å². The molecule has 0 N–H and O–H groups in total. The van der Waals surface area contributed by atoms with Gasteiger partial charge >= 0.3 is 0 Å². The average Bonchev–Trinajstić information content (AvgIpc) is 2.68. The number of hydrogen-bond acceptors (Lipinski definition) is 4. The lowest BCUT2D eigenvalue weighted by Gasteiger charge is -2.17. The highest BCUT2D eigenvalue weighted by Crippen LogP contribution is 2.31. The van der Waals surface area contributed by atoms with E-state index in [1.165, 1.54) is 0 Å². The van der Waals surface area contributed by atoms with Gasteiger partial charge in [0, 0.05) is 18.9 Å². The third-order valence-electron chi connectivity index (χ3n) is 2.87. The molecule has 0 radical (unpaired) electrons. The van der Waals surface area contributed by atoms with Crippen molar-refractivity contribution in [3.63, 3.8) is 0 Å². The van der Waals surface area contributed by atoms with Crippen LogP contribution in [0.15, 0.2) is 24.3 Å². The Bertz CT molecular complexity index is 587. The molecule has 1 atom stereocenters. The van der Waals surface area contributed by atoms with E-state index in [0.717, 1.165) is 6.26 Å². The van der Waals surface area contributed by atoms with Gasteiger partial charge in [0.1, 0.15) is 0 Å². The van der Waals surface area contributed by atoms with E-state index in [0.29, 0.717) is 17.3 Å². The summed E-state index contributed by atoms with van der Waals surface area (Å²) in [7, 11) is -3.48. The van der Waals surface area contributed by atoms with Crippen LogP contribution in [-0.2, 0) is 19.1 Å². The third kappa shape index (κ3) is 3.68. The van der Waals surface area contributed by atoms with Crippen LogP contribution in [-0.4, -0.2) is 33.7 Å². The van der Waals surface area contributed by atoms with Gasteiger partial charge in [0.05, 0.1) is 23.6 Å². The molecular formula is C12H14ClNO4S. The van der Waals surface area contributed by atoms with Gasteiger partial charge in [-0.3, -0.25) is 8.98 Å². The van der Waals surface area contributed by atoms with Crippen LogP contribution < -0.4 is 4.90 Å². The third-order valence-corrected chi connectivity index (χ3v) is 3.75. The van der Waals surface area contributed by atoms with Crippen LogP contribution in [0.4, 0.5) is 5.69 Å². The summed E-state index contributed by atoms with van der Waals surface area (Å²) in [6.45, 7) is 0.434. The molecule has 0 spiro atoms. The van der Waals surface area contributed by atoms with E-state index in [1.807, 2.05) is 0 Å². The normalized spacial score (nSPS) is 20.0. The van der Waals surface area contributed by atoms with Crippen molar-refractivity contribution in [3.8, 4) is 0 Å². The molecule has 1 heterocycles. The van der Waals surface area contributed by atoms with Gasteiger partial charge in [0.25, 0.3) is 10.1 Å². The molecule has 5 nitrogen and oxygen atoms in total. The van der Waals surface area contributed by atoms with Crippen LogP contribution in [0, 0.1) is 5.92 Å². The Labute approximate surface area is 117 Å². The SMILES string of the molecule is CS(=O)(=O)OCC1CC(=O)N(c2ccccc2Cl)C1. The monoisotopic (exact) mass is 303 g/mol. The quantitative estimate of drug-likeness (QED) is 0.794. The van der Waals surface area contributed by atoms with Gasteiger partial charge < -0.3 is 4.90 Å². The van der Waals surface area contributed by atoms with Crippen molar-refractivity contribution in [2.75, 3.05) is 24.3 Å². The second-order valence-electron chi connectivity index (χ2n) is 4.51. The highest BCUT2D eigenvalue weighted by Gasteiger charge is 2.32. The van der Waals surface area contributed by atoms with Crippen molar-refractivity contribution in [2.24, 2.45) is 5.92 Å². The summed E-state index contributed by atoms with van der Waals surface area (Å²) in [5, 5.41) is 0.500. The van der Waals surface area contributed by atoms with Gasteiger partial charge in [0.2, 0.25) is 5.91 Å². The minimum Gasteiger partial charge on any atom is -0.311 e. The maximum Gasteiger partial charge on any atom is 0.264 e. The first-order chi connectivity index (χ1) is 8.87. The molecule has 1 amide bonds. The first-order valence-electron chi connectivity index (χ1n) is 5.76. The summed E-state index contributed by atoms with van der Waals surface area (Å²) in [6.07, 6.45) is 1.26. The molecule has 1 fully saturated rings. The molecule has 1 aliphatic heterocycles. The molecule has 1 aromatic carbocycles. The minimum absolute atomic E-state index is 0.0194. The van der Waals surface area contributed by atoms with E-state index in [4.69, 9.17) is 15.8 Å². The van der Waals surface area contributed by atoms with Gasteiger partial charge in [-0.25, -0.2) is 0 Å². The number of benzene rings is 1. The fourth-order valence-corrected chi connectivity index (χ4v) is 2.69. The predicted molar refractivity (Wildman–Crippen MR) is 72.7 cm³/mol. The smallest absolute Gasteiger partial charge is 0.264 e. The van der Waals surface area contributed by atoms with Crippen LogP contribution >= 0.6 is 11.6 Å². The van der Waals surface area contributed by atoms with Crippen molar-refractivity contribution >= 4 is 33.3 Å². The molecule has 1 aliphatic rings. The number of halogens is 1. The lowest BCUT2D eigenvalue weighted by molar-refractivity contribution is -0.117. The van der Waals surface area contributed by atoms with E-state index < -0.39 is 10.1 Å². The summed E-state index contributed by atoms with van der Waals surface area (Å²) in [5.41, 5.74) is 0.649. The Kier molecular flexibility index (Phi) is 4.13. The van der Waals surface area contributed by atoms with Crippen molar-refractivity contribution in [3.05, 3.63) is 29.3 Å². The van der Waals surface area contributed by atoms with E-state index in [2.05, 4.69) is 0 Å². The standard InChI is InChI=1S/C12H14ClNO4S/c1-19(16,17)18-8-9-6-12(15)14(7-9)11-5-3-2-4-10(11)13/h2-5,9H,6-8H2,1H3. The van der Waals surface area contributed by atoms with Crippen LogP contribution in [0.1, 0.15) is 6.42 Å². The number of anilines is 1. The zero-order valence-electron chi connectivity index (χ0n) is 10.4. The molecule has 1 saturated heterocycles. The van der Waals surface area contributed by atoms with Gasteiger partial charge in [-0.1, -0.05) is 23.7 Å². The highest BCUT2D eigenvalue weighted by atomic mass is 35.5. The van der Waals surface area contributed by atoms with E-state index in [9.17, 15) is 13.2 Å². The van der Waals surface area contributed by atoms with Crippen LogP contribution in [0.2, 0.25) is 5.02 Å². The first-order valence-corrected chi connectivity index (χ1v) is 7.95. The molecule has 1 aromatic rings. The first kappa shape index (κ1) is 14.3. The predicted octanol–water partition coefficient (Wildman–Crippen LogP) is 1.67. The Hall–Kier alpha value is -1.11. The lowest BCUT2D eigenvalue weighted by atomic mass is 10.1. The van der Waals surface area contributed by atoms with Gasteiger partial charge in [-0.2, -0.15) is 8.42 Å². The molecule has 2 rings (SSSR count). The summed E-state index contributed by atoms with van der Waals surface area (Å²) in [4.78, 5) is 13.5. The molecule has 0 aliphatic carbocycles. The van der Waals surface area contributed by atoms with Crippen LogP contribution in [0.3, 0.4) is 0 Å². The summed E-state index contributed by atoms with van der Waals surface area (Å²) >= 11 is 6.05. The maximum absolute atomic E-state index is 11.9. The summed E-state index contributed by atoms with van der Waals surface area (Å²) in [5.74, 6) is -0.214. The van der Waals surface area contributed by atoms with E-state index in [-0.39, 0.29) is 24.9 Å². The largest absolute Gasteiger partial charge is 0.311 e. The Morgan fingerprint density at radius 2 is 2.11 bits per heavy atom. The second-order valence-corrected chi connectivity index (χ2v) is 6.57.